The number of halogens is 2. The van der Waals surface area contributed by atoms with E-state index >= 15 is 0 Å². The molecule has 1 aliphatic heterocycles. The molecule has 3 aliphatic rings. The lowest BCUT2D eigenvalue weighted by Gasteiger charge is -2.35. The van der Waals surface area contributed by atoms with Gasteiger partial charge < -0.3 is 21.3 Å². The molecule has 1 unspecified atom stereocenters. The molecule has 3 aromatic heterocycles. The van der Waals surface area contributed by atoms with Gasteiger partial charge >= 0.3 is 6.55 Å². The monoisotopic (exact) mass is 628 g/mol. The van der Waals surface area contributed by atoms with Crippen LogP contribution in [0.1, 0.15) is 62.9 Å². The summed E-state index contributed by atoms with van der Waals surface area (Å²) in [7, 11) is 0.646. The Morgan fingerprint density at radius 3 is 2.64 bits per heavy atom. The fraction of sp³-hybridized carbons (Fsp3) is 0.517. The second-order valence-electron chi connectivity index (χ2n) is 12.2. The Kier molecular flexibility index (Phi) is 8.28. The molecule has 12 nitrogen and oxygen atoms in total. The lowest BCUT2D eigenvalue weighted by molar-refractivity contribution is 0.0565. The summed E-state index contributed by atoms with van der Waals surface area (Å²) in [6.07, 6.45) is 15.7. The number of nitrogens with two attached hydrogens (primary N) is 1. The highest BCUT2D eigenvalue weighted by Gasteiger charge is 2.38. The molecular formula is C29H38F2N10O2S. The highest BCUT2D eigenvalue weighted by molar-refractivity contribution is 7.90. The van der Waals surface area contributed by atoms with E-state index in [2.05, 4.69) is 49.8 Å². The fourth-order valence-electron chi connectivity index (χ4n) is 5.75. The van der Waals surface area contributed by atoms with Gasteiger partial charge in [0.05, 0.1) is 34.6 Å². The lowest BCUT2D eigenvalue weighted by Crippen LogP contribution is -2.50. The fourth-order valence-corrected chi connectivity index (χ4v) is 7.22. The molecule has 0 aromatic carbocycles. The van der Waals surface area contributed by atoms with Crippen molar-refractivity contribution in [2.24, 2.45) is 11.7 Å². The van der Waals surface area contributed by atoms with Gasteiger partial charge in [0.15, 0.2) is 11.5 Å². The zero-order chi connectivity index (χ0) is 31.1. The third-order valence-electron chi connectivity index (χ3n) is 8.50. The number of nitrogens with one attached hydrogen (secondary N) is 2. The molecule has 236 valence electrons. The predicted octanol–water partition coefficient (Wildman–Crippen LogP) is 3.01. The first kappa shape index (κ1) is 30.3. The molecule has 44 heavy (non-hydrogen) atoms. The SMILES string of the molecule is CN(C)CCC1CCC(NC2=CC(N)(c3ccnc(-c4cnn(S(=O)(=O)C5CC5)c4)n3)NC=C2c2ccn(C(F)F)n2)CC1. The molecule has 2 fully saturated rings. The molecule has 6 rings (SSSR count). The largest absolute Gasteiger partial charge is 0.382 e. The summed E-state index contributed by atoms with van der Waals surface area (Å²) in [4.78, 5) is 11.2. The number of rotatable bonds is 11. The summed E-state index contributed by atoms with van der Waals surface area (Å²) < 4.78 is 53.6. The minimum atomic E-state index is -3.53. The quantitative estimate of drug-likeness (QED) is 0.289. The molecule has 0 radical (unpaired) electrons. The first-order chi connectivity index (χ1) is 21.0. The third-order valence-corrected chi connectivity index (χ3v) is 10.5. The number of hydrogen-bond donors (Lipinski definition) is 3. The molecule has 4 heterocycles. The summed E-state index contributed by atoms with van der Waals surface area (Å²) in [6, 6.07) is 3.41. The van der Waals surface area contributed by atoms with Crippen LogP contribution in [0.25, 0.3) is 17.0 Å². The maximum Gasteiger partial charge on any atom is 0.333 e. The van der Waals surface area contributed by atoms with Gasteiger partial charge in [-0.2, -0.15) is 23.1 Å². The third kappa shape index (κ3) is 6.40. The van der Waals surface area contributed by atoms with Crippen molar-refractivity contribution in [3.05, 3.63) is 66.3 Å². The van der Waals surface area contributed by atoms with Crippen molar-refractivity contribution in [1.29, 1.82) is 0 Å². The van der Waals surface area contributed by atoms with E-state index in [4.69, 9.17) is 5.73 Å². The molecule has 3 aromatic rings. The molecule has 15 heteroatoms. The van der Waals surface area contributed by atoms with Gasteiger partial charge in [-0.25, -0.2) is 23.1 Å². The predicted molar refractivity (Wildman–Crippen MR) is 161 cm³/mol. The van der Waals surface area contributed by atoms with Crippen LogP contribution in [0.15, 0.2) is 54.9 Å². The summed E-state index contributed by atoms with van der Waals surface area (Å²) in [5, 5.41) is 14.6. The molecule has 0 bridgehead atoms. The zero-order valence-electron chi connectivity index (χ0n) is 24.8. The number of hydrogen-bond acceptors (Lipinski definition) is 10. The number of dihydropyridines is 1. The van der Waals surface area contributed by atoms with Gasteiger partial charge in [0.2, 0.25) is 0 Å². The summed E-state index contributed by atoms with van der Waals surface area (Å²) >= 11 is 0. The Morgan fingerprint density at radius 1 is 1.18 bits per heavy atom. The van der Waals surface area contributed by atoms with Gasteiger partial charge in [-0.15, -0.1) is 0 Å². The number of nitrogens with zero attached hydrogens (tertiary/aromatic N) is 7. The van der Waals surface area contributed by atoms with Crippen LogP contribution < -0.4 is 16.4 Å². The van der Waals surface area contributed by atoms with Crippen molar-refractivity contribution in [3.63, 3.8) is 0 Å². The molecule has 0 amide bonds. The van der Waals surface area contributed by atoms with Crippen LogP contribution in [0.4, 0.5) is 8.78 Å². The standard InChI is InChI=1S/C29H38F2N10O2S/c1-39(2)13-10-19-3-5-21(6-4-19)36-25-15-29(32,34-17-23(25)24-11-14-40(38-24)28(30)31)26-9-12-33-27(37-26)20-16-35-41(18-20)44(42,43)22-7-8-22/h9,11-12,14-19,21-22,28,34,36H,3-8,10,13,32H2,1-2H3. The van der Waals surface area contributed by atoms with Gasteiger partial charge in [0.25, 0.3) is 10.0 Å². The van der Waals surface area contributed by atoms with E-state index in [0.717, 1.165) is 42.7 Å². The van der Waals surface area contributed by atoms with Crippen LogP contribution >= 0.6 is 0 Å². The van der Waals surface area contributed by atoms with Crippen LogP contribution in [0.3, 0.4) is 0 Å². The van der Waals surface area contributed by atoms with E-state index in [9.17, 15) is 17.2 Å². The molecular weight excluding hydrogens is 590 g/mol. The van der Waals surface area contributed by atoms with Gasteiger partial charge in [0, 0.05) is 35.9 Å². The normalized spacial score (nSPS) is 24.2. The Balaban J connectivity index is 1.26. The first-order valence-electron chi connectivity index (χ1n) is 14.9. The van der Waals surface area contributed by atoms with Crippen LogP contribution in [-0.4, -0.2) is 74.2 Å². The topological polar surface area (TPSA) is 149 Å². The molecule has 2 aliphatic carbocycles. The van der Waals surface area contributed by atoms with Gasteiger partial charge in [0.1, 0.15) is 0 Å². The van der Waals surface area contributed by atoms with Gasteiger partial charge in [-0.05, 0) is 89.7 Å². The van der Waals surface area contributed by atoms with Crippen LogP contribution in [0.5, 0.6) is 0 Å². The van der Waals surface area contributed by atoms with E-state index < -0.39 is 27.5 Å². The van der Waals surface area contributed by atoms with Crippen LogP contribution in [0.2, 0.25) is 0 Å². The van der Waals surface area contributed by atoms with Gasteiger partial charge in [-0.3, -0.25) is 0 Å². The Labute approximate surface area is 255 Å². The molecule has 1 atom stereocenters. The van der Waals surface area contributed by atoms with Crippen LogP contribution in [0, 0.1) is 5.92 Å². The van der Waals surface area contributed by atoms with E-state index in [1.807, 2.05) is 0 Å². The van der Waals surface area contributed by atoms with Crippen molar-refractivity contribution < 1.29 is 17.2 Å². The average molecular weight is 629 g/mol. The Hall–Kier alpha value is -3.69. The summed E-state index contributed by atoms with van der Waals surface area (Å²) in [6.45, 7) is -1.69. The molecule has 4 N–H and O–H groups in total. The zero-order valence-corrected chi connectivity index (χ0v) is 25.6. The highest BCUT2D eigenvalue weighted by Crippen LogP contribution is 2.34. The van der Waals surface area contributed by atoms with Crippen molar-refractivity contribution in [3.8, 4) is 11.4 Å². The van der Waals surface area contributed by atoms with E-state index in [0.29, 0.717) is 51.7 Å². The first-order valence-corrected chi connectivity index (χ1v) is 16.4. The van der Waals surface area contributed by atoms with Crippen molar-refractivity contribution in [2.75, 3.05) is 20.6 Å². The molecule has 0 saturated heterocycles. The number of allylic oxidation sites excluding steroid dienone is 1. The second-order valence-corrected chi connectivity index (χ2v) is 14.2. The lowest BCUT2D eigenvalue weighted by atomic mass is 9.83. The Morgan fingerprint density at radius 2 is 1.95 bits per heavy atom. The minimum Gasteiger partial charge on any atom is -0.382 e. The van der Waals surface area contributed by atoms with Crippen LogP contribution in [-0.2, 0) is 15.7 Å². The van der Waals surface area contributed by atoms with Gasteiger partial charge in [-0.1, -0.05) is 0 Å². The average Bonchev–Trinajstić information content (AvgIpc) is 3.54. The van der Waals surface area contributed by atoms with E-state index in [-0.39, 0.29) is 11.9 Å². The van der Waals surface area contributed by atoms with Crippen molar-refractivity contribution >= 4 is 15.6 Å². The molecule has 2 saturated carbocycles. The maximum absolute atomic E-state index is 13.4. The van der Waals surface area contributed by atoms with Crippen molar-refractivity contribution in [2.45, 2.75) is 68.4 Å². The van der Waals surface area contributed by atoms with E-state index in [1.54, 1.807) is 30.6 Å². The van der Waals surface area contributed by atoms with Crippen molar-refractivity contribution in [1.82, 2.24) is 44.5 Å². The highest BCUT2D eigenvalue weighted by atomic mass is 32.2. The summed E-state index contributed by atoms with van der Waals surface area (Å²) in [5.41, 5.74) is 8.15. The Bertz CT molecular complexity index is 1660. The number of aromatic nitrogens is 6. The smallest absolute Gasteiger partial charge is 0.333 e. The number of alkyl halides is 2. The summed E-state index contributed by atoms with van der Waals surface area (Å²) in [5.74, 6) is 0.946. The molecule has 0 spiro atoms. The minimum absolute atomic E-state index is 0.181. The maximum atomic E-state index is 13.4. The second kappa shape index (κ2) is 12.0. The van der Waals surface area contributed by atoms with E-state index in [1.165, 1.54) is 18.6 Å².